The van der Waals surface area contributed by atoms with E-state index < -0.39 is 0 Å². The van der Waals surface area contributed by atoms with Crippen molar-refractivity contribution in [2.75, 3.05) is 0 Å². The van der Waals surface area contributed by atoms with Gasteiger partial charge in [0.05, 0.1) is 16.9 Å². The molecule has 4 aromatic rings. The second-order valence-corrected chi connectivity index (χ2v) is 4.24. The summed E-state index contributed by atoms with van der Waals surface area (Å²) in [5.41, 5.74) is 3.24. The number of hydrogen-bond acceptors (Lipinski definition) is 1. The van der Waals surface area contributed by atoms with Crippen LogP contribution in [0.1, 0.15) is 0 Å². The maximum absolute atomic E-state index is 4.50. The molecule has 0 atom stereocenters. The summed E-state index contributed by atoms with van der Waals surface area (Å²) in [6.07, 6.45) is 0. The monoisotopic (exact) mass is 302 g/mol. The van der Waals surface area contributed by atoms with Crippen LogP contribution in [0.4, 0.5) is 0 Å². The van der Waals surface area contributed by atoms with Gasteiger partial charge in [-0.15, -0.1) is 0 Å². The number of rotatable bonds is 1. The molecule has 0 saturated carbocycles. The SMILES string of the molecule is [Fe+2].c1cc[cH-]c1.c1ccc2[nH]c(-[c-]3cccc3)nc2c1. The van der Waals surface area contributed by atoms with E-state index in [-0.39, 0.29) is 17.1 Å². The van der Waals surface area contributed by atoms with Crippen LogP contribution in [0.25, 0.3) is 22.4 Å². The van der Waals surface area contributed by atoms with Crippen molar-refractivity contribution in [3.63, 3.8) is 0 Å². The van der Waals surface area contributed by atoms with E-state index >= 15 is 0 Å². The van der Waals surface area contributed by atoms with Crippen LogP contribution in [0.2, 0.25) is 0 Å². The average Bonchev–Trinajstić information content (AvgIpc) is 3.20. The molecule has 0 fully saturated rings. The number of H-pyrrole nitrogens is 1. The Balaban J connectivity index is 0.000000210. The molecule has 0 aliphatic carbocycles. The first-order valence-corrected chi connectivity index (χ1v) is 6.27. The predicted molar refractivity (Wildman–Crippen MR) is 79.2 cm³/mol. The maximum atomic E-state index is 4.50. The van der Waals surface area contributed by atoms with Gasteiger partial charge in [0.1, 0.15) is 0 Å². The molecular weight excluding hydrogens is 288 g/mol. The minimum absolute atomic E-state index is 0. The second-order valence-electron chi connectivity index (χ2n) is 4.24. The largest absolute Gasteiger partial charge is 2.00 e. The van der Waals surface area contributed by atoms with Crippen molar-refractivity contribution in [1.82, 2.24) is 9.97 Å². The first kappa shape index (κ1) is 14.3. The van der Waals surface area contributed by atoms with E-state index in [1.54, 1.807) is 0 Å². The summed E-state index contributed by atoms with van der Waals surface area (Å²) in [7, 11) is 0. The molecule has 2 nitrogen and oxygen atoms in total. The molecule has 3 heteroatoms. The van der Waals surface area contributed by atoms with Gasteiger partial charge in [-0.25, -0.2) is 29.2 Å². The molecule has 0 amide bonds. The number of aromatic nitrogens is 2. The van der Waals surface area contributed by atoms with Crippen molar-refractivity contribution in [1.29, 1.82) is 0 Å². The number of nitrogens with zero attached hydrogens (tertiary/aromatic N) is 1. The standard InChI is InChI=1S/C12H9N2.C5H5.Fe/c1-2-6-9(5-1)12-13-10-7-3-4-8-11(10)14-12;1-2-4-5-3-1;/h1-8H,(H,13,14);1-5H;/q2*-1;+2. The quantitative estimate of drug-likeness (QED) is 0.411. The number of para-hydroxylation sites is 2. The molecule has 100 valence electrons. The number of aromatic amines is 1. The van der Waals surface area contributed by atoms with Crippen molar-refractivity contribution in [2.24, 2.45) is 0 Å². The Morgan fingerprint density at radius 3 is 2.20 bits per heavy atom. The van der Waals surface area contributed by atoms with Crippen molar-refractivity contribution < 1.29 is 17.1 Å². The zero-order valence-corrected chi connectivity index (χ0v) is 11.9. The van der Waals surface area contributed by atoms with Gasteiger partial charge >= 0.3 is 17.1 Å². The molecule has 1 aromatic heterocycles. The molecular formula is C17H14FeN2. The minimum Gasteiger partial charge on any atom is -0.348 e. The third-order valence-electron chi connectivity index (χ3n) is 2.88. The number of fused-ring (bicyclic) bond motifs is 1. The van der Waals surface area contributed by atoms with E-state index in [1.807, 2.05) is 66.7 Å². The zero-order chi connectivity index (χ0) is 12.9. The van der Waals surface area contributed by atoms with E-state index in [9.17, 15) is 0 Å². The van der Waals surface area contributed by atoms with Crippen LogP contribution >= 0.6 is 0 Å². The summed E-state index contributed by atoms with van der Waals surface area (Å²) in [6, 6.07) is 26.2. The van der Waals surface area contributed by atoms with Crippen molar-refractivity contribution >= 4 is 11.0 Å². The summed E-state index contributed by atoms with van der Waals surface area (Å²) in [5.74, 6) is 0.941. The maximum Gasteiger partial charge on any atom is 2.00 e. The van der Waals surface area contributed by atoms with Gasteiger partial charge in [0, 0.05) is 0 Å². The van der Waals surface area contributed by atoms with Gasteiger partial charge in [0.2, 0.25) is 0 Å². The Morgan fingerprint density at radius 2 is 1.60 bits per heavy atom. The number of imidazole rings is 1. The van der Waals surface area contributed by atoms with Gasteiger partial charge in [-0.05, 0) is 12.1 Å². The Kier molecular flexibility index (Phi) is 4.94. The van der Waals surface area contributed by atoms with Crippen LogP contribution in [-0.4, -0.2) is 9.97 Å². The molecule has 3 aromatic carbocycles. The van der Waals surface area contributed by atoms with E-state index in [2.05, 4.69) is 22.1 Å². The third-order valence-corrected chi connectivity index (χ3v) is 2.88. The molecule has 0 unspecified atom stereocenters. The first-order valence-electron chi connectivity index (χ1n) is 6.27. The Morgan fingerprint density at radius 1 is 0.900 bits per heavy atom. The molecule has 0 radical (unpaired) electrons. The van der Waals surface area contributed by atoms with Gasteiger partial charge in [0.25, 0.3) is 0 Å². The van der Waals surface area contributed by atoms with Gasteiger partial charge in [-0.3, -0.25) is 0 Å². The van der Waals surface area contributed by atoms with Crippen LogP contribution in [-0.2, 0) is 17.1 Å². The second kappa shape index (κ2) is 6.90. The summed E-state index contributed by atoms with van der Waals surface area (Å²) >= 11 is 0. The molecule has 0 saturated heterocycles. The normalized spacial score (nSPS) is 9.60. The smallest absolute Gasteiger partial charge is 0.348 e. The van der Waals surface area contributed by atoms with Crippen LogP contribution in [0.5, 0.6) is 0 Å². The van der Waals surface area contributed by atoms with Gasteiger partial charge < -0.3 is 4.98 Å². The van der Waals surface area contributed by atoms with Crippen LogP contribution < -0.4 is 0 Å². The van der Waals surface area contributed by atoms with Gasteiger partial charge in [0.15, 0.2) is 0 Å². The molecule has 0 spiro atoms. The minimum atomic E-state index is 0. The van der Waals surface area contributed by atoms with E-state index in [0.29, 0.717) is 0 Å². The third kappa shape index (κ3) is 3.27. The summed E-state index contributed by atoms with van der Waals surface area (Å²) in [4.78, 5) is 7.79. The Bertz CT molecular complexity index is 671. The first-order chi connectivity index (χ1) is 9.43. The topological polar surface area (TPSA) is 28.7 Å². The van der Waals surface area contributed by atoms with Gasteiger partial charge in [-0.1, -0.05) is 17.7 Å². The summed E-state index contributed by atoms with van der Waals surface area (Å²) < 4.78 is 0. The van der Waals surface area contributed by atoms with Crippen molar-refractivity contribution in [3.8, 4) is 11.4 Å². The molecule has 0 aliphatic heterocycles. The van der Waals surface area contributed by atoms with E-state index in [1.165, 1.54) is 0 Å². The number of benzene rings is 1. The van der Waals surface area contributed by atoms with Crippen molar-refractivity contribution in [3.05, 3.63) is 78.9 Å². The molecule has 1 heterocycles. The Hall–Kier alpha value is -2.09. The van der Waals surface area contributed by atoms with Crippen molar-refractivity contribution in [2.45, 2.75) is 0 Å². The molecule has 1 N–H and O–H groups in total. The van der Waals surface area contributed by atoms with Crippen LogP contribution in [0.3, 0.4) is 0 Å². The fraction of sp³-hybridized carbons (Fsp3) is 0. The summed E-state index contributed by atoms with van der Waals surface area (Å²) in [5, 5.41) is 0. The summed E-state index contributed by atoms with van der Waals surface area (Å²) in [6.45, 7) is 0. The van der Waals surface area contributed by atoms with Crippen LogP contribution in [0, 0.1) is 0 Å². The number of hydrogen-bond donors (Lipinski definition) is 1. The van der Waals surface area contributed by atoms with E-state index in [0.717, 1.165) is 22.4 Å². The average molecular weight is 302 g/mol. The zero-order valence-electron chi connectivity index (χ0n) is 10.8. The van der Waals surface area contributed by atoms with Crippen LogP contribution in [0.15, 0.2) is 78.9 Å². The Labute approximate surface area is 128 Å². The molecule has 0 aliphatic rings. The van der Waals surface area contributed by atoms with Gasteiger partial charge in [-0.2, -0.15) is 30.3 Å². The molecule has 4 rings (SSSR count). The van der Waals surface area contributed by atoms with E-state index in [4.69, 9.17) is 0 Å². The molecule has 20 heavy (non-hydrogen) atoms. The fourth-order valence-corrected chi connectivity index (χ4v) is 1.94. The fourth-order valence-electron chi connectivity index (χ4n) is 1.94. The predicted octanol–water partition coefficient (Wildman–Crippen LogP) is 4.35. The number of nitrogens with one attached hydrogen (secondary N) is 1. The molecule has 0 bridgehead atoms.